The molecule has 0 aliphatic heterocycles. The summed E-state index contributed by atoms with van der Waals surface area (Å²) in [6.45, 7) is 2.58. The lowest BCUT2D eigenvalue weighted by Gasteiger charge is -2.11. The maximum absolute atomic E-state index is 5.71. The number of hydrogen-bond acceptors (Lipinski definition) is 5. The van der Waals surface area contributed by atoms with Crippen molar-refractivity contribution < 1.29 is 4.74 Å². The average molecular weight is 271 g/mol. The Hall–Kier alpha value is -2.14. The summed E-state index contributed by atoms with van der Waals surface area (Å²) in [6.07, 6.45) is 0. The van der Waals surface area contributed by atoms with E-state index < -0.39 is 0 Å². The predicted molar refractivity (Wildman–Crippen MR) is 78.4 cm³/mol. The molecule has 1 aromatic heterocycles. The van der Waals surface area contributed by atoms with Gasteiger partial charge in [0.2, 0.25) is 5.13 Å². The van der Waals surface area contributed by atoms with E-state index in [1.165, 1.54) is 11.3 Å². The van der Waals surface area contributed by atoms with Gasteiger partial charge < -0.3 is 10.5 Å². The molecule has 2 aromatic carbocycles. The van der Waals surface area contributed by atoms with Crippen LogP contribution in [0.25, 0.3) is 21.3 Å². The lowest BCUT2D eigenvalue weighted by molar-refractivity contribution is 0.342. The van der Waals surface area contributed by atoms with E-state index in [0.29, 0.717) is 11.7 Å². The van der Waals surface area contributed by atoms with Crippen LogP contribution in [0.1, 0.15) is 6.92 Å². The predicted octanol–water partition coefficient (Wildman–Crippen LogP) is 3.34. The molecule has 0 radical (unpaired) electrons. The molecular weight excluding hydrogens is 258 g/mol. The molecule has 0 bridgehead atoms. The van der Waals surface area contributed by atoms with Crippen LogP contribution < -0.4 is 10.5 Å². The van der Waals surface area contributed by atoms with Crippen LogP contribution in [0.5, 0.6) is 5.75 Å². The Bertz CT molecular complexity index is 724. The largest absolute Gasteiger partial charge is 0.493 e. The van der Waals surface area contributed by atoms with E-state index in [0.717, 1.165) is 27.1 Å². The molecule has 0 aliphatic rings. The Balaban J connectivity index is 2.31. The van der Waals surface area contributed by atoms with Gasteiger partial charge in [-0.2, -0.15) is 0 Å². The van der Waals surface area contributed by atoms with E-state index in [-0.39, 0.29) is 0 Å². The average Bonchev–Trinajstić information content (AvgIpc) is 2.85. The summed E-state index contributed by atoms with van der Waals surface area (Å²) in [5, 5.41) is 11.5. The SMILES string of the molecule is CCOc1ccc2ccccc2c1-c1nnc(N)s1. The highest BCUT2D eigenvalue weighted by atomic mass is 32.1. The van der Waals surface area contributed by atoms with Crippen LogP contribution in [0.4, 0.5) is 5.13 Å². The maximum atomic E-state index is 5.71. The molecule has 3 rings (SSSR count). The number of anilines is 1. The molecule has 5 heteroatoms. The van der Waals surface area contributed by atoms with Crippen LogP contribution in [0.2, 0.25) is 0 Å². The molecule has 0 amide bonds. The number of nitrogens with zero attached hydrogens (tertiary/aromatic N) is 2. The molecular formula is C14H13N3OS. The number of nitrogen functional groups attached to an aromatic ring is 1. The summed E-state index contributed by atoms with van der Waals surface area (Å²) < 4.78 is 5.71. The number of hydrogen-bond donors (Lipinski definition) is 1. The summed E-state index contributed by atoms with van der Waals surface area (Å²) in [6, 6.07) is 12.2. The van der Waals surface area contributed by atoms with Gasteiger partial charge in [-0.15, -0.1) is 10.2 Å². The quantitative estimate of drug-likeness (QED) is 0.793. The zero-order valence-corrected chi connectivity index (χ0v) is 11.3. The number of nitrogens with two attached hydrogens (primary N) is 1. The monoisotopic (exact) mass is 271 g/mol. The molecule has 2 N–H and O–H groups in total. The van der Waals surface area contributed by atoms with Crippen molar-refractivity contribution in [2.75, 3.05) is 12.3 Å². The van der Waals surface area contributed by atoms with Gasteiger partial charge in [0.25, 0.3) is 0 Å². The highest BCUT2D eigenvalue weighted by molar-refractivity contribution is 7.18. The van der Waals surface area contributed by atoms with Gasteiger partial charge in [-0.05, 0) is 23.8 Å². The highest BCUT2D eigenvalue weighted by Crippen LogP contribution is 2.38. The van der Waals surface area contributed by atoms with Gasteiger partial charge >= 0.3 is 0 Å². The summed E-state index contributed by atoms with van der Waals surface area (Å²) in [4.78, 5) is 0. The minimum absolute atomic E-state index is 0.463. The molecule has 0 spiro atoms. The number of rotatable bonds is 3. The number of ether oxygens (including phenoxy) is 1. The highest BCUT2D eigenvalue weighted by Gasteiger charge is 2.14. The van der Waals surface area contributed by atoms with E-state index in [1.807, 2.05) is 31.2 Å². The first-order valence-corrected chi connectivity index (χ1v) is 6.85. The van der Waals surface area contributed by atoms with E-state index in [2.05, 4.69) is 22.3 Å². The minimum atomic E-state index is 0.463. The van der Waals surface area contributed by atoms with E-state index in [9.17, 15) is 0 Å². The van der Waals surface area contributed by atoms with Crippen molar-refractivity contribution >= 4 is 27.2 Å². The van der Waals surface area contributed by atoms with Gasteiger partial charge in [0.05, 0.1) is 12.2 Å². The fraction of sp³-hybridized carbons (Fsp3) is 0.143. The molecule has 0 aliphatic carbocycles. The number of benzene rings is 2. The van der Waals surface area contributed by atoms with Crippen LogP contribution in [0.3, 0.4) is 0 Å². The Kier molecular flexibility index (Phi) is 3.05. The minimum Gasteiger partial charge on any atom is -0.493 e. The first kappa shape index (κ1) is 11.9. The molecule has 0 fully saturated rings. The normalized spacial score (nSPS) is 10.8. The van der Waals surface area contributed by atoms with Crippen LogP contribution in [0.15, 0.2) is 36.4 Å². The van der Waals surface area contributed by atoms with Crippen LogP contribution in [-0.4, -0.2) is 16.8 Å². The summed E-state index contributed by atoms with van der Waals surface area (Å²) >= 11 is 1.37. The standard InChI is InChI=1S/C14H13N3OS/c1-2-18-11-8-7-9-5-3-4-6-10(9)12(11)13-16-17-14(15)19-13/h3-8H,2H2,1H3,(H2,15,17). The molecule has 4 nitrogen and oxygen atoms in total. The topological polar surface area (TPSA) is 61.0 Å². The smallest absolute Gasteiger partial charge is 0.203 e. The molecule has 0 unspecified atom stereocenters. The Morgan fingerprint density at radius 2 is 2.00 bits per heavy atom. The van der Waals surface area contributed by atoms with Gasteiger partial charge in [0.15, 0.2) is 5.01 Å². The van der Waals surface area contributed by atoms with Crippen molar-refractivity contribution in [2.24, 2.45) is 0 Å². The van der Waals surface area contributed by atoms with Crippen LogP contribution in [-0.2, 0) is 0 Å². The van der Waals surface area contributed by atoms with E-state index >= 15 is 0 Å². The number of aromatic nitrogens is 2. The van der Waals surface area contributed by atoms with Crippen LogP contribution >= 0.6 is 11.3 Å². The fourth-order valence-electron chi connectivity index (χ4n) is 2.08. The Morgan fingerprint density at radius 3 is 2.74 bits per heavy atom. The third-order valence-electron chi connectivity index (χ3n) is 2.85. The molecule has 96 valence electrons. The van der Waals surface area contributed by atoms with Gasteiger partial charge in [-0.1, -0.05) is 41.7 Å². The van der Waals surface area contributed by atoms with Gasteiger partial charge in [-0.25, -0.2) is 0 Å². The van der Waals surface area contributed by atoms with Crippen molar-refractivity contribution in [3.63, 3.8) is 0 Å². The third-order valence-corrected chi connectivity index (χ3v) is 3.62. The molecule has 3 aromatic rings. The lowest BCUT2D eigenvalue weighted by Crippen LogP contribution is -1.94. The summed E-state index contributed by atoms with van der Waals surface area (Å²) in [7, 11) is 0. The summed E-state index contributed by atoms with van der Waals surface area (Å²) in [5.41, 5.74) is 6.65. The third kappa shape index (κ3) is 2.13. The first-order chi connectivity index (χ1) is 9.29. The number of fused-ring (bicyclic) bond motifs is 1. The van der Waals surface area contributed by atoms with Crippen molar-refractivity contribution in [3.8, 4) is 16.3 Å². The molecule has 0 saturated heterocycles. The second kappa shape index (κ2) is 4.85. The van der Waals surface area contributed by atoms with E-state index in [1.54, 1.807) is 0 Å². The lowest BCUT2D eigenvalue weighted by atomic mass is 10.0. The van der Waals surface area contributed by atoms with E-state index in [4.69, 9.17) is 10.5 Å². The summed E-state index contributed by atoms with van der Waals surface area (Å²) in [5.74, 6) is 0.817. The molecule has 0 atom stereocenters. The first-order valence-electron chi connectivity index (χ1n) is 6.03. The Morgan fingerprint density at radius 1 is 1.16 bits per heavy atom. The zero-order chi connectivity index (χ0) is 13.2. The van der Waals surface area contributed by atoms with Gasteiger partial charge in [-0.3, -0.25) is 0 Å². The molecule has 0 saturated carbocycles. The van der Waals surface area contributed by atoms with Crippen molar-refractivity contribution in [3.05, 3.63) is 36.4 Å². The van der Waals surface area contributed by atoms with Crippen molar-refractivity contribution in [1.82, 2.24) is 10.2 Å². The van der Waals surface area contributed by atoms with Gasteiger partial charge in [0, 0.05) is 0 Å². The fourth-order valence-corrected chi connectivity index (χ4v) is 2.76. The molecule has 19 heavy (non-hydrogen) atoms. The second-order valence-corrected chi connectivity index (χ2v) is 5.05. The van der Waals surface area contributed by atoms with Crippen LogP contribution in [0, 0.1) is 0 Å². The molecule has 1 heterocycles. The zero-order valence-electron chi connectivity index (χ0n) is 10.5. The van der Waals surface area contributed by atoms with Crippen molar-refractivity contribution in [2.45, 2.75) is 6.92 Å². The van der Waals surface area contributed by atoms with Crippen molar-refractivity contribution in [1.29, 1.82) is 0 Å². The van der Waals surface area contributed by atoms with Gasteiger partial charge in [0.1, 0.15) is 5.75 Å². The Labute approximate surface area is 114 Å². The maximum Gasteiger partial charge on any atom is 0.203 e. The second-order valence-electron chi connectivity index (χ2n) is 4.04.